The summed E-state index contributed by atoms with van der Waals surface area (Å²) < 4.78 is 5.25. The molecule has 0 radical (unpaired) electrons. The predicted molar refractivity (Wildman–Crippen MR) is 119 cm³/mol. The van der Waals surface area contributed by atoms with Gasteiger partial charge in [0.15, 0.2) is 0 Å². The molecule has 0 saturated carbocycles. The lowest BCUT2D eigenvalue weighted by atomic mass is 10.2. The third kappa shape index (κ3) is 6.04. The van der Waals surface area contributed by atoms with Crippen LogP contribution in [0.5, 0.6) is 5.75 Å². The van der Waals surface area contributed by atoms with Gasteiger partial charge < -0.3 is 4.74 Å². The minimum Gasteiger partial charge on any atom is -0.422 e. The van der Waals surface area contributed by atoms with Crippen LogP contribution in [0.15, 0.2) is 71.8 Å². The summed E-state index contributed by atoms with van der Waals surface area (Å²) in [5, 5.41) is 36.3. The molecule has 0 fully saturated rings. The zero-order chi connectivity index (χ0) is 25.5. The second-order valence-electron chi connectivity index (χ2n) is 6.68. The second-order valence-corrected chi connectivity index (χ2v) is 6.68. The number of carbonyl (C=O) groups is 2. The number of hydrogen-bond acceptors (Lipinski definition) is 10. The van der Waals surface area contributed by atoms with E-state index in [2.05, 4.69) is 10.5 Å². The van der Waals surface area contributed by atoms with Crippen molar-refractivity contribution in [2.24, 2.45) is 5.10 Å². The Balaban J connectivity index is 1.79. The number of rotatable bonds is 8. The van der Waals surface area contributed by atoms with Crippen LogP contribution in [0.3, 0.4) is 0 Å². The molecule has 0 atom stereocenters. The van der Waals surface area contributed by atoms with Crippen LogP contribution in [0.4, 0.5) is 17.1 Å². The zero-order valence-corrected chi connectivity index (χ0v) is 17.4. The Bertz CT molecular complexity index is 1350. The van der Waals surface area contributed by atoms with E-state index < -0.39 is 26.6 Å². The highest BCUT2D eigenvalue weighted by Crippen LogP contribution is 2.24. The van der Waals surface area contributed by atoms with Crippen molar-refractivity contribution in [2.45, 2.75) is 0 Å². The summed E-state index contributed by atoms with van der Waals surface area (Å²) in [7, 11) is 0. The highest BCUT2D eigenvalue weighted by molar-refractivity contribution is 5.96. The number of carbonyl (C=O) groups excluding carboxylic acids is 2. The standard InChI is InChI=1S/C21H13N5O9/c27-20(13-1-5-16(6-2-13)24(29)30)23-22-12-15-11-18(26(33)34)9-10-19(15)35-21(28)14-3-7-17(8-4-14)25(31)32/h1-12H,(H,23,27). The van der Waals surface area contributed by atoms with Gasteiger partial charge in [0.2, 0.25) is 0 Å². The Morgan fingerprint density at radius 3 is 1.74 bits per heavy atom. The number of benzene rings is 3. The molecule has 0 aliphatic carbocycles. The Labute approximate surface area is 194 Å². The van der Waals surface area contributed by atoms with Crippen molar-refractivity contribution < 1.29 is 29.1 Å². The van der Waals surface area contributed by atoms with Crippen LogP contribution in [-0.2, 0) is 0 Å². The Kier molecular flexibility index (Phi) is 7.16. The minimum absolute atomic E-state index is 0.0108. The van der Waals surface area contributed by atoms with Crippen LogP contribution in [0, 0.1) is 30.3 Å². The van der Waals surface area contributed by atoms with Gasteiger partial charge in [0.1, 0.15) is 5.75 Å². The molecule has 0 saturated heterocycles. The number of nitrogens with zero attached hydrogens (tertiary/aromatic N) is 4. The van der Waals surface area contributed by atoms with E-state index in [-0.39, 0.29) is 39.5 Å². The maximum absolute atomic E-state index is 12.4. The number of nitrogens with one attached hydrogen (secondary N) is 1. The minimum atomic E-state index is -0.890. The third-order valence-corrected chi connectivity index (χ3v) is 4.43. The molecule has 14 heteroatoms. The average Bonchev–Trinajstić information content (AvgIpc) is 2.84. The van der Waals surface area contributed by atoms with Crippen molar-refractivity contribution in [3.63, 3.8) is 0 Å². The van der Waals surface area contributed by atoms with E-state index in [0.29, 0.717) is 0 Å². The van der Waals surface area contributed by atoms with Crippen molar-refractivity contribution in [3.05, 3.63) is 114 Å². The molecule has 35 heavy (non-hydrogen) atoms. The van der Waals surface area contributed by atoms with Gasteiger partial charge in [-0.2, -0.15) is 5.10 Å². The topological polar surface area (TPSA) is 197 Å². The van der Waals surface area contributed by atoms with Crippen LogP contribution < -0.4 is 10.2 Å². The van der Waals surface area contributed by atoms with Gasteiger partial charge in [-0.25, -0.2) is 10.2 Å². The first kappa shape index (κ1) is 24.1. The first-order valence-electron chi connectivity index (χ1n) is 9.48. The number of nitro groups is 3. The van der Waals surface area contributed by atoms with Crippen molar-refractivity contribution in [2.75, 3.05) is 0 Å². The van der Waals surface area contributed by atoms with E-state index >= 15 is 0 Å². The number of hydrogen-bond donors (Lipinski definition) is 1. The molecule has 0 aliphatic rings. The molecule has 1 amide bonds. The lowest BCUT2D eigenvalue weighted by molar-refractivity contribution is -0.385. The molecule has 3 aromatic rings. The first-order valence-corrected chi connectivity index (χ1v) is 9.48. The predicted octanol–water partition coefficient (Wildman–Crippen LogP) is 3.39. The number of hydrazone groups is 1. The maximum atomic E-state index is 12.4. The summed E-state index contributed by atoms with van der Waals surface area (Å²) in [4.78, 5) is 55.2. The fraction of sp³-hybridized carbons (Fsp3) is 0. The van der Waals surface area contributed by atoms with Gasteiger partial charge in [-0.3, -0.25) is 35.1 Å². The van der Waals surface area contributed by atoms with Crippen molar-refractivity contribution >= 4 is 35.2 Å². The molecule has 0 aromatic heterocycles. The van der Waals surface area contributed by atoms with Gasteiger partial charge in [-0.05, 0) is 30.3 Å². The number of ether oxygens (including phenoxy) is 1. The molecule has 1 N–H and O–H groups in total. The van der Waals surface area contributed by atoms with Crippen LogP contribution in [0.25, 0.3) is 0 Å². The molecule has 3 aromatic carbocycles. The van der Waals surface area contributed by atoms with Crippen LogP contribution in [0.2, 0.25) is 0 Å². The quantitative estimate of drug-likeness (QED) is 0.165. The molecule has 0 heterocycles. The van der Waals surface area contributed by atoms with Gasteiger partial charge >= 0.3 is 5.97 Å². The number of non-ortho nitro benzene ring substituents is 3. The second kappa shape index (κ2) is 10.4. The van der Waals surface area contributed by atoms with E-state index in [1.54, 1.807) is 0 Å². The van der Waals surface area contributed by atoms with Crippen molar-refractivity contribution in [1.82, 2.24) is 5.43 Å². The van der Waals surface area contributed by atoms with Crippen LogP contribution in [-0.4, -0.2) is 32.9 Å². The van der Waals surface area contributed by atoms with E-state index in [0.717, 1.165) is 48.7 Å². The van der Waals surface area contributed by atoms with Gasteiger partial charge in [-0.1, -0.05) is 0 Å². The smallest absolute Gasteiger partial charge is 0.343 e. The lowest BCUT2D eigenvalue weighted by Gasteiger charge is -2.07. The van der Waals surface area contributed by atoms with Crippen molar-refractivity contribution in [3.8, 4) is 5.75 Å². The van der Waals surface area contributed by atoms with Crippen LogP contribution in [0.1, 0.15) is 26.3 Å². The van der Waals surface area contributed by atoms with E-state index in [1.165, 1.54) is 24.3 Å². The van der Waals surface area contributed by atoms with E-state index in [4.69, 9.17) is 4.74 Å². The number of amides is 1. The summed E-state index contributed by atoms with van der Waals surface area (Å²) in [5.74, 6) is -1.74. The molecule has 0 aliphatic heterocycles. The largest absolute Gasteiger partial charge is 0.422 e. The molecule has 176 valence electrons. The zero-order valence-electron chi connectivity index (χ0n) is 17.4. The van der Waals surface area contributed by atoms with Crippen molar-refractivity contribution in [1.29, 1.82) is 0 Å². The van der Waals surface area contributed by atoms with Crippen LogP contribution >= 0.6 is 0 Å². The number of esters is 1. The molecular formula is C21H13N5O9. The molecule has 14 nitrogen and oxygen atoms in total. The first-order chi connectivity index (χ1) is 16.7. The normalized spacial score (nSPS) is 10.5. The van der Waals surface area contributed by atoms with E-state index in [9.17, 15) is 39.9 Å². The monoisotopic (exact) mass is 479 g/mol. The highest BCUT2D eigenvalue weighted by Gasteiger charge is 2.16. The Morgan fingerprint density at radius 2 is 1.23 bits per heavy atom. The SMILES string of the molecule is O=C(NN=Cc1cc([N+](=O)[O-])ccc1OC(=O)c1ccc([N+](=O)[O-])cc1)c1ccc([N+](=O)[O-])cc1. The molecule has 3 rings (SSSR count). The summed E-state index contributed by atoms with van der Waals surface area (Å²) >= 11 is 0. The molecule has 0 bridgehead atoms. The fourth-order valence-electron chi connectivity index (χ4n) is 2.68. The van der Waals surface area contributed by atoms with Gasteiger partial charge in [0, 0.05) is 47.5 Å². The maximum Gasteiger partial charge on any atom is 0.343 e. The molecule has 0 unspecified atom stereocenters. The summed E-state index contributed by atoms with van der Waals surface area (Å²) in [6.07, 6.45) is 1.01. The molecule has 0 spiro atoms. The summed E-state index contributed by atoms with van der Waals surface area (Å²) in [5.41, 5.74) is 1.41. The fourth-order valence-corrected chi connectivity index (χ4v) is 2.68. The number of nitro benzene ring substituents is 3. The van der Waals surface area contributed by atoms with Gasteiger partial charge in [-0.15, -0.1) is 0 Å². The lowest BCUT2D eigenvalue weighted by Crippen LogP contribution is -2.17. The van der Waals surface area contributed by atoms with E-state index in [1.807, 2.05) is 0 Å². The summed E-state index contributed by atoms with van der Waals surface area (Å²) in [6, 6.07) is 12.6. The van der Waals surface area contributed by atoms with Gasteiger partial charge in [0.05, 0.1) is 26.5 Å². The third-order valence-electron chi connectivity index (χ3n) is 4.43. The highest BCUT2D eigenvalue weighted by atomic mass is 16.6. The Morgan fingerprint density at radius 1 is 0.743 bits per heavy atom. The summed E-state index contributed by atoms with van der Waals surface area (Å²) in [6.45, 7) is 0. The Hall–Kier alpha value is -5.53. The average molecular weight is 479 g/mol. The molecular weight excluding hydrogens is 466 g/mol. The van der Waals surface area contributed by atoms with Gasteiger partial charge in [0.25, 0.3) is 23.0 Å².